The molecule has 4 rings (SSSR count). The average molecular weight is 416 g/mol. The molecule has 0 aromatic heterocycles. The highest BCUT2D eigenvalue weighted by Crippen LogP contribution is 2.39. The van der Waals surface area contributed by atoms with E-state index in [0.717, 1.165) is 31.0 Å². The molecule has 0 amide bonds. The molecular weight excluding hydrogens is 388 g/mol. The quantitative estimate of drug-likeness (QED) is 0.776. The van der Waals surface area contributed by atoms with Crippen LogP contribution in [0.1, 0.15) is 30.9 Å². The van der Waals surface area contributed by atoms with Crippen molar-refractivity contribution in [2.45, 2.75) is 43.5 Å². The molecule has 1 saturated carbocycles. The summed E-state index contributed by atoms with van der Waals surface area (Å²) in [5.74, 6) is -0.237. The highest BCUT2D eigenvalue weighted by molar-refractivity contribution is 7.88. The summed E-state index contributed by atoms with van der Waals surface area (Å²) in [4.78, 5) is 0. The minimum atomic E-state index is -3.12. The smallest absolute Gasteiger partial charge is 0.211 e. The van der Waals surface area contributed by atoms with Crippen molar-refractivity contribution in [2.24, 2.45) is 17.6 Å². The normalized spacial score (nSPS) is 36.6. The molecule has 3 fully saturated rings. The average Bonchev–Trinajstić information content (AvgIpc) is 3.16. The summed E-state index contributed by atoms with van der Waals surface area (Å²) in [6.07, 6.45) is 3.10. The number of benzene rings is 1. The van der Waals surface area contributed by atoms with E-state index in [4.69, 9.17) is 10.5 Å². The van der Waals surface area contributed by atoms with Crippen LogP contribution in [0.15, 0.2) is 18.2 Å². The minimum Gasteiger partial charge on any atom is -0.370 e. The zero-order valence-electron chi connectivity index (χ0n) is 15.9. The van der Waals surface area contributed by atoms with Crippen molar-refractivity contribution in [1.82, 2.24) is 9.62 Å². The lowest BCUT2D eigenvalue weighted by atomic mass is 9.93. The molecule has 156 valence electrons. The Hall–Kier alpha value is -1.13. The Labute approximate surface area is 164 Å². The predicted molar refractivity (Wildman–Crippen MR) is 101 cm³/mol. The first-order chi connectivity index (χ1) is 13.2. The maximum absolute atomic E-state index is 14.0. The summed E-state index contributed by atoms with van der Waals surface area (Å²) in [5, 5.41) is 3.59. The van der Waals surface area contributed by atoms with Gasteiger partial charge in [0.2, 0.25) is 10.0 Å². The van der Waals surface area contributed by atoms with E-state index < -0.39 is 33.8 Å². The van der Waals surface area contributed by atoms with E-state index >= 15 is 0 Å². The number of ether oxygens (including phenoxy) is 1. The fraction of sp³-hybridized carbons (Fsp3) is 0.684. The molecule has 2 aliphatic heterocycles. The third-order valence-corrected chi connectivity index (χ3v) is 7.58. The number of hydrogen-bond donors (Lipinski definition) is 2. The second-order valence-corrected chi connectivity index (χ2v) is 10.4. The van der Waals surface area contributed by atoms with Crippen molar-refractivity contribution >= 4 is 10.0 Å². The Morgan fingerprint density at radius 1 is 1.14 bits per heavy atom. The van der Waals surface area contributed by atoms with Gasteiger partial charge in [0.05, 0.1) is 12.9 Å². The van der Waals surface area contributed by atoms with E-state index in [-0.39, 0.29) is 11.6 Å². The number of rotatable bonds is 4. The first-order valence-corrected chi connectivity index (χ1v) is 11.6. The first-order valence-electron chi connectivity index (χ1n) is 9.74. The molecule has 2 unspecified atom stereocenters. The van der Waals surface area contributed by atoms with Crippen molar-refractivity contribution in [3.8, 4) is 0 Å². The summed E-state index contributed by atoms with van der Waals surface area (Å²) in [7, 11) is -3.12. The van der Waals surface area contributed by atoms with Crippen LogP contribution in [-0.4, -0.2) is 56.8 Å². The second kappa shape index (κ2) is 7.60. The molecule has 5 atom stereocenters. The van der Waals surface area contributed by atoms with Crippen molar-refractivity contribution < 1.29 is 21.9 Å². The van der Waals surface area contributed by atoms with E-state index in [1.54, 1.807) is 4.31 Å². The molecule has 3 aliphatic rings. The van der Waals surface area contributed by atoms with Gasteiger partial charge in [-0.2, -0.15) is 0 Å². The molecule has 2 saturated heterocycles. The van der Waals surface area contributed by atoms with Crippen LogP contribution in [0.4, 0.5) is 8.78 Å². The molecule has 3 N–H and O–H groups in total. The van der Waals surface area contributed by atoms with Gasteiger partial charge in [-0.3, -0.25) is 0 Å². The Bertz CT molecular complexity index is 824. The van der Waals surface area contributed by atoms with Gasteiger partial charge in [0.1, 0.15) is 17.7 Å². The molecule has 1 aromatic carbocycles. The summed E-state index contributed by atoms with van der Waals surface area (Å²) in [6.45, 7) is 1.59. The largest absolute Gasteiger partial charge is 0.370 e. The van der Waals surface area contributed by atoms with Gasteiger partial charge in [0, 0.05) is 36.8 Å². The Kier molecular flexibility index (Phi) is 5.47. The van der Waals surface area contributed by atoms with Crippen LogP contribution < -0.4 is 11.1 Å². The maximum atomic E-state index is 14.0. The van der Waals surface area contributed by atoms with Crippen molar-refractivity contribution in [3.05, 3.63) is 35.4 Å². The fourth-order valence-electron chi connectivity index (χ4n) is 5.03. The molecule has 1 aliphatic carbocycles. The second-order valence-electron chi connectivity index (χ2n) is 8.45. The van der Waals surface area contributed by atoms with Gasteiger partial charge in [-0.05, 0) is 49.3 Å². The topological polar surface area (TPSA) is 84.7 Å². The molecule has 6 nitrogen and oxygen atoms in total. The van der Waals surface area contributed by atoms with E-state index in [1.807, 2.05) is 0 Å². The van der Waals surface area contributed by atoms with Gasteiger partial charge in [-0.1, -0.05) is 0 Å². The van der Waals surface area contributed by atoms with Crippen LogP contribution in [0.2, 0.25) is 0 Å². The molecule has 9 heteroatoms. The van der Waals surface area contributed by atoms with Crippen LogP contribution in [-0.2, 0) is 14.8 Å². The number of sulfonamides is 1. The summed E-state index contributed by atoms with van der Waals surface area (Å²) >= 11 is 0. The van der Waals surface area contributed by atoms with Gasteiger partial charge in [0.15, 0.2) is 0 Å². The lowest BCUT2D eigenvalue weighted by Gasteiger charge is -2.36. The molecule has 0 bridgehead atoms. The number of hydrogen-bond acceptors (Lipinski definition) is 5. The van der Waals surface area contributed by atoms with Crippen molar-refractivity contribution in [3.63, 3.8) is 0 Å². The Morgan fingerprint density at radius 2 is 1.82 bits per heavy atom. The fourth-order valence-corrected chi connectivity index (χ4v) is 5.95. The van der Waals surface area contributed by atoms with E-state index in [0.29, 0.717) is 44.0 Å². The van der Waals surface area contributed by atoms with Crippen LogP contribution >= 0.6 is 0 Å². The standard InChI is InChI=1S/C19H27F2N3O3S/c1-28(25,26)24-8-11-4-14(5-12(11)9-24)23-15-7-18(22)19(27-10-15)16-6-13(20)2-3-17(16)21/h2-3,6,11-12,14-15,18-19,23H,4-5,7-10,22H2,1H3/t11?,12?,14?,15-,18+,19-/m1/s1. The van der Waals surface area contributed by atoms with Crippen molar-refractivity contribution in [2.75, 3.05) is 26.0 Å². The molecule has 2 heterocycles. The maximum Gasteiger partial charge on any atom is 0.211 e. The summed E-state index contributed by atoms with van der Waals surface area (Å²) < 4.78 is 58.3. The number of fused-ring (bicyclic) bond motifs is 1. The molecular formula is C19H27F2N3O3S. The summed E-state index contributed by atoms with van der Waals surface area (Å²) in [6, 6.07) is 3.27. The number of halogens is 2. The molecule has 0 spiro atoms. The van der Waals surface area contributed by atoms with E-state index in [2.05, 4.69) is 5.32 Å². The zero-order valence-corrected chi connectivity index (χ0v) is 16.7. The van der Waals surface area contributed by atoms with Crippen LogP contribution in [0.25, 0.3) is 0 Å². The van der Waals surface area contributed by atoms with Gasteiger partial charge < -0.3 is 15.8 Å². The molecule has 1 aromatic rings. The van der Waals surface area contributed by atoms with Gasteiger partial charge in [0.25, 0.3) is 0 Å². The predicted octanol–water partition coefficient (Wildman–Crippen LogP) is 1.38. The number of nitrogens with one attached hydrogen (secondary N) is 1. The van der Waals surface area contributed by atoms with Gasteiger partial charge in [-0.15, -0.1) is 0 Å². The molecule has 28 heavy (non-hydrogen) atoms. The minimum absolute atomic E-state index is 0.0534. The lowest BCUT2D eigenvalue weighted by molar-refractivity contribution is -0.0224. The van der Waals surface area contributed by atoms with E-state index in [9.17, 15) is 17.2 Å². The number of nitrogens with two attached hydrogens (primary N) is 1. The van der Waals surface area contributed by atoms with E-state index in [1.165, 1.54) is 6.26 Å². The summed E-state index contributed by atoms with van der Waals surface area (Å²) in [5.41, 5.74) is 6.39. The van der Waals surface area contributed by atoms with Crippen LogP contribution in [0.5, 0.6) is 0 Å². The highest BCUT2D eigenvalue weighted by Gasteiger charge is 2.44. The third-order valence-electron chi connectivity index (χ3n) is 6.35. The van der Waals surface area contributed by atoms with Gasteiger partial charge in [-0.25, -0.2) is 21.5 Å². The Morgan fingerprint density at radius 3 is 2.43 bits per heavy atom. The van der Waals surface area contributed by atoms with Crippen LogP contribution in [0, 0.1) is 23.5 Å². The molecule has 0 radical (unpaired) electrons. The van der Waals surface area contributed by atoms with Crippen LogP contribution in [0.3, 0.4) is 0 Å². The number of nitrogens with zero attached hydrogens (tertiary/aromatic N) is 1. The third kappa shape index (κ3) is 4.09. The SMILES string of the molecule is CS(=O)(=O)N1CC2CC(N[C@H]3CO[C@H](c4cc(F)ccc4F)[C@@H](N)C3)CC2C1. The zero-order chi connectivity index (χ0) is 20.1. The Balaban J connectivity index is 1.31. The lowest BCUT2D eigenvalue weighted by Crippen LogP contribution is -2.50. The monoisotopic (exact) mass is 415 g/mol. The van der Waals surface area contributed by atoms with Gasteiger partial charge >= 0.3 is 0 Å². The first kappa shape index (κ1) is 20.2. The van der Waals surface area contributed by atoms with Crippen molar-refractivity contribution in [1.29, 1.82) is 0 Å². The highest BCUT2D eigenvalue weighted by atomic mass is 32.2.